The highest BCUT2D eigenvalue weighted by atomic mass is 16.3. The maximum absolute atomic E-state index is 12.4. The third-order valence-corrected chi connectivity index (χ3v) is 5.36. The van der Waals surface area contributed by atoms with Crippen molar-refractivity contribution in [2.24, 2.45) is 5.92 Å². The van der Waals surface area contributed by atoms with Gasteiger partial charge in [0.2, 0.25) is 5.89 Å². The van der Waals surface area contributed by atoms with Gasteiger partial charge in [0.1, 0.15) is 0 Å². The Morgan fingerprint density at radius 2 is 2.14 bits per heavy atom. The van der Waals surface area contributed by atoms with Crippen molar-refractivity contribution in [2.75, 3.05) is 19.6 Å². The highest BCUT2D eigenvalue weighted by Gasteiger charge is 2.17. The molecule has 1 fully saturated rings. The lowest BCUT2D eigenvalue weighted by atomic mass is 10.0. The number of hydrogen-bond donors (Lipinski definition) is 2. The van der Waals surface area contributed by atoms with Gasteiger partial charge in [0.15, 0.2) is 11.3 Å². The maximum atomic E-state index is 12.4. The zero-order valence-corrected chi connectivity index (χ0v) is 16.7. The zero-order chi connectivity index (χ0) is 20.4. The molecule has 29 heavy (non-hydrogen) atoms. The molecular weight excluding hydrogens is 364 g/mol. The molecule has 6 nitrogen and oxygen atoms in total. The molecule has 0 radical (unpaired) electrons. The van der Waals surface area contributed by atoms with Crippen LogP contribution in [0.1, 0.15) is 42.1 Å². The summed E-state index contributed by atoms with van der Waals surface area (Å²) in [7, 11) is 0. The second-order valence-electron chi connectivity index (χ2n) is 7.81. The van der Waals surface area contributed by atoms with E-state index in [-0.39, 0.29) is 11.8 Å². The van der Waals surface area contributed by atoms with E-state index in [1.54, 1.807) is 18.2 Å². The van der Waals surface area contributed by atoms with E-state index < -0.39 is 0 Å². The number of nitrogens with zero attached hydrogens (tertiary/aromatic N) is 2. The van der Waals surface area contributed by atoms with Crippen LogP contribution in [-0.4, -0.2) is 30.5 Å². The van der Waals surface area contributed by atoms with Crippen molar-refractivity contribution >= 4 is 22.7 Å². The lowest BCUT2D eigenvalue weighted by Gasteiger charge is -2.10. The number of fused-ring (bicyclic) bond motifs is 1. The van der Waals surface area contributed by atoms with Crippen molar-refractivity contribution in [3.63, 3.8) is 0 Å². The van der Waals surface area contributed by atoms with Crippen LogP contribution < -0.4 is 10.6 Å². The molecule has 2 N–H and O–H groups in total. The Balaban J connectivity index is 1.55. The number of hydrogen-bond acceptors (Lipinski definition) is 4. The highest BCUT2D eigenvalue weighted by molar-refractivity contribution is 5.94. The van der Waals surface area contributed by atoms with Crippen molar-refractivity contribution < 1.29 is 9.21 Å². The number of aromatic nitrogens is 1. The number of rotatable bonds is 5. The molecule has 1 unspecified atom stereocenters. The van der Waals surface area contributed by atoms with Gasteiger partial charge >= 0.3 is 0 Å². The van der Waals surface area contributed by atoms with Crippen molar-refractivity contribution in [1.29, 1.82) is 0 Å². The average molecular weight is 388 g/mol. The normalized spacial score (nSPS) is 16.3. The minimum Gasteiger partial charge on any atom is -0.436 e. The fraction of sp³-hybridized carbons (Fsp3) is 0.348. The number of oxazole rings is 1. The van der Waals surface area contributed by atoms with Crippen LogP contribution in [0, 0.1) is 12.5 Å². The van der Waals surface area contributed by atoms with Gasteiger partial charge in [0.05, 0.1) is 12.1 Å². The molecule has 0 bridgehead atoms. The van der Waals surface area contributed by atoms with Gasteiger partial charge in [-0.15, -0.1) is 0 Å². The van der Waals surface area contributed by atoms with Gasteiger partial charge in [-0.1, -0.05) is 13.8 Å². The first-order valence-electron chi connectivity index (χ1n) is 9.96. The van der Waals surface area contributed by atoms with E-state index in [1.165, 1.54) is 0 Å². The molecule has 2 aromatic carbocycles. The van der Waals surface area contributed by atoms with Crippen LogP contribution in [0.15, 0.2) is 40.8 Å². The highest BCUT2D eigenvalue weighted by Crippen LogP contribution is 2.33. The fourth-order valence-electron chi connectivity index (χ4n) is 3.65. The maximum Gasteiger partial charge on any atom is 0.251 e. The first-order valence-corrected chi connectivity index (χ1v) is 9.96. The minimum absolute atomic E-state index is 0.0650. The summed E-state index contributed by atoms with van der Waals surface area (Å²) < 4.78 is 6.04. The Bertz CT molecular complexity index is 1070. The Kier molecular flexibility index (Phi) is 5.32. The second-order valence-corrected chi connectivity index (χ2v) is 7.81. The van der Waals surface area contributed by atoms with Gasteiger partial charge in [-0.3, -0.25) is 4.79 Å². The number of benzene rings is 2. The first kappa shape index (κ1) is 19.2. The second kappa shape index (κ2) is 8.06. The van der Waals surface area contributed by atoms with Crippen LogP contribution in [0.4, 0.5) is 5.69 Å². The van der Waals surface area contributed by atoms with Gasteiger partial charge in [-0.2, -0.15) is 0 Å². The molecule has 1 atom stereocenters. The Morgan fingerprint density at radius 3 is 2.79 bits per heavy atom. The summed E-state index contributed by atoms with van der Waals surface area (Å²) in [5.74, 6) is 1.16. The summed E-state index contributed by atoms with van der Waals surface area (Å²) >= 11 is 0. The van der Waals surface area contributed by atoms with Crippen molar-refractivity contribution in [3.8, 4) is 11.5 Å². The molecule has 0 spiro atoms. The molecule has 1 aromatic heterocycles. The lowest BCUT2D eigenvalue weighted by Crippen LogP contribution is -2.30. The molecule has 4 rings (SSSR count). The molecule has 1 amide bonds. The van der Waals surface area contributed by atoms with Gasteiger partial charge < -0.3 is 15.1 Å². The lowest BCUT2D eigenvalue weighted by molar-refractivity contribution is 0.0948. The largest absolute Gasteiger partial charge is 0.436 e. The third-order valence-electron chi connectivity index (χ3n) is 5.36. The Hall–Kier alpha value is -3.17. The van der Waals surface area contributed by atoms with Crippen LogP contribution >= 0.6 is 0 Å². The monoisotopic (exact) mass is 388 g/mol. The van der Waals surface area contributed by atoms with Crippen molar-refractivity contribution in [3.05, 3.63) is 58.9 Å². The van der Waals surface area contributed by atoms with Gasteiger partial charge in [0.25, 0.3) is 5.91 Å². The summed E-state index contributed by atoms with van der Waals surface area (Å²) in [5, 5.41) is 6.31. The number of amides is 1. The summed E-state index contributed by atoms with van der Waals surface area (Å²) in [4.78, 5) is 20.5. The number of carbonyl (C=O) groups is 1. The number of carbonyl (C=O) groups excluding carboxylic acids is 1. The van der Waals surface area contributed by atoms with Crippen LogP contribution in [-0.2, 0) is 0 Å². The zero-order valence-electron chi connectivity index (χ0n) is 16.7. The first-order chi connectivity index (χ1) is 14.0. The molecule has 3 aromatic rings. The molecule has 1 aliphatic rings. The molecule has 148 valence electrons. The quantitative estimate of drug-likeness (QED) is 0.631. The van der Waals surface area contributed by atoms with Gasteiger partial charge in [-0.05, 0) is 73.3 Å². The molecular formula is C23H24N4O2. The third kappa shape index (κ3) is 4.01. The van der Waals surface area contributed by atoms with E-state index >= 15 is 0 Å². The van der Waals surface area contributed by atoms with Crippen molar-refractivity contribution in [1.82, 2.24) is 15.6 Å². The van der Waals surface area contributed by atoms with E-state index in [4.69, 9.17) is 11.0 Å². The predicted molar refractivity (Wildman–Crippen MR) is 113 cm³/mol. The van der Waals surface area contributed by atoms with E-state index in [2.05, 4.69) is 34.3 Å². The van der Waals surface area contributed by atoms with E-state index in [0.717, 1.165) is 36.2 Å². The van der Waals surface area contributed by atoms with Crippen LogP contribution in [0.25, 0.3) is 27.4 Å². The molecule has 2 heterocycles. The molecule has 6 heteroatoms. The van der Waals surface area contributed by atoms with Gasteiger partial charge in [-0.25, -0.2) is 9.83 Å². The number of nitrogens with one attached hydrogen (secondary N) is 2. The van der Waals surface area contributed by atoms with Crippen LogP contribution in [0.5, 0.6) is 0 Å². The molecule has 1 aliphatic heterocycles. The van der Waals surface area contributed by atoms with Gasteiger partial charge in [0, 0.05) is 17.7 Å². The molecule has 1 saturated heterocycles. The molecule has 0 aliphatic carbocycles. The minimum atomic E-state index is -0.0650. The summed E-state index contributed by atoms with van der Waals surface area (Å²) in [5.41, 5.74) is 4.36. The van der Waals surface area contributed by atoms with Crippen LogP contribution in [0.2, 0.25) is 0 Å². The van der Waals surface area contributed by atoms with E-state index in [0.29, 0.717) is 35.1 Å². The summed E-state index contributed by atoms with van der Waals surface area (Å²) in [6, 6.07) is 10.9. The van der Waals surface area contributed by atoms with E-state index in [9.17, 15) is 4.79 Å². The molecule has 0 saturated carbocycles. The average Bonchev–Trinajstić information content (AvgIpc) is 3.40. The van der Waals surface area contributed by atoms with Crippen LogP contribution in [0.3, 0.4) is 0 Å². The fourth-order valence-corrected chi connectivity index (χ4v) is 3.65. The van der Waals surface area contributed by atoms with E-state index in [1.807, 2.05) is 18.2 Å². The van der Waals surface area contributed by atoms with Crippen molar-refractivity contribution in [2.45, 2.75) is 26.2 Å². The Morgan fingerprint density at radius 1 is 1.34 bits per heavy atom. The predicted octanol–water partition coefficient (Wildman–Crippen LogP) is 4.51. The Labute approximate surface area is 170 Å². The summed E-state index contributed by atoms with van der Waals surface area (Å²) in [6.07, 6.45) is 1.10. The smallest absolute Gasteiger partial charge is 0.251 e. The SMILES string of the molecule is [C-]#[N+]c1cc(C(C)C)c2oc(-c3ccc(C(=O)NCC4CCNC4)cc3)nc2c1. The topological polar surface area (TPSA) is 71.5 Å². The standard InChI is InChI=1S/C23H24N4O2/c1-14(2)19-10-18(24-3)11-20-21(19)29-23(27-20)17-6-4-16(5-7-17)22(28)26-13-15-8-9-25-12-15/h4-7,10-11,14-15,25H,8-9,12-13H2,1-2H3,(H,26,28). The summed E-state index contributed by atoms with van der Waals surface area (Å²) in [6.45, 7) is 14.1.